The number of carbonyl (C=O) groups is 2. The van der Waals surface area contributed by atoms with Gasteiger partial charge in [-0.05, 0) is 47.4 Å². The predicted molar refractivity (Wildman–Crippen MR) is 126 cm³/mol. The van der Waals surface area contributed by atoms with Gasteiger partial charge >= 0.3 is 5.97 Å². The highest BCUT2D eigenvalue weighted by Gasteiger charge is 2.29. The first-order chi connectivity index (χ1) is 15.5. The van der Waals surface area contributed by atoms with Crippen molar-refractivity contribution < 1.29 is 14.7 Å². The van der Waals surface area contributed by atoms with Crippen LogP contribution in [0.5, 0.6) is 0 Å². The van der Waals surface area contributed by atoms with Crippen LogP contribution in [0.4, 0.5) is 5.69 Å². The molecule has 4 aromatic rings. The molecule has 0 atom stereocenters. The summed E-state index contributed by atoms with van der Waals surface area (Å²) in [5.41, 5.74) is 7.21. The number of aromatic carboxylic acids is 1. The zero-order valence-electron chi connectivity index (χ0n) is 17.3. The van der Waals surface area contributed by atoms with E-state index >= 15 is 0 Å². The van der Waals surface area contributed by atoms with Crippen LogP contribution in [-0.4, -0.2) is 22.0 Å². The summed E-state index contributed by atoms with van der Waals surface area (Å²) in [6, 6.07) is 25.5. The van der Waals surface area contributed by atoms with Crippen molar-refractivity contribution in [3.05, 3.63) is 101 Å². The van der Waals surface area contributed by atoms with E-state index in [1.165, 1.54) is 0 Å². The number of aromatic amines is 1. The minimum Gasteiger partial charge on any atom is -0.478 e. The summed E-state index contributed by atoms with van der Waals surface area (Å²) < 4.78 is 0. The van der Waals surface area contributed by atoms with Gasteiger partial charge in [-0.15, -0.1) is 0 Å². The fourth-order valence-corrected chi connectivity index (χ4v) is 4.24. The molecule has 0 saturated heterocycles. The number of carboxylic acids is 1. The van der Waals surface area contributed by atoms with E-state index in [4.69, 9.17) is 0 Å². The number of rotatable bonds is 4. The van der Waals surface area contributed by atoms with Crippen LogP contribution in [0.25, 0.3) is 33.9 Å². The highest BCUT2D eigenvalue weighted by Crippen LogP contribution is 2.43. The van der Waals surface area contributed by atoms with Crippen molar-refractivity contribution in [2.45, 2.75) is 6.92 Å². The fraction of sp³-hybridized carbons (Fsp3) is 0.0370. The molecule has 1 aliphatic rings. The SMILES string of the molecule is Cc1cc(C(=O)O)c(/C=C2\C(=O)Nc3cccc(-c4ccccc4-c4ccccc4)c32)[nH]1. The summed E-state index contributed by atoms with van der Waals surface area (Å²) in [5.74, 6) is -1.30. The lowest BCUT2D eigenvalue weighted by Gasteiger charge is -2.14. The number of anilines is 1. The Balaban J connectivity index is 1.73. The van der Waals surface area contributed by atoms with Crippen LogP contribution in [0.15, 0.2) is 78.9 Å². The van der Waals surface area contributed by atoms with Crippen LogP contribution < -0.4 is 5.32 Å². The number of aromatic nitrogens is 1. The van der Waals surface area contributed by atoms with Gasteiger partial charge < -0.3 is 15.4 Å². The minimum absolute atomic E-state index is 0.137. The molecule has 1 amide bonds. The fourth-order valence-electron chi connectivity index (χ4n) is 4.24. The second-order valence-corrected chi connectivity index (χ2v) is 7.74. The zero-order valence-corrected chi connectivity index (χ0v) is 17.3. The van der Waals surface area contributed by atoms with Crippen LogP contribution in [0.2, 0.25) is 0 Å². The number of amides is 1. The van der Waals surface area contributed by atoms with Gasteiger partial charge in [0.25, 0.3) is 5.91 Å². The molecule has 0 saturated carbocycles. The maximum atomic E-state index is 12.9. The lowest BCUT2D eigenvalue weighted by atomic mass is 9.89. The molecule has 5 heteroatoms. The number of H-pyrrole nitrogens is 1. The van der Waals surface area contributed by atoms with Crippen molar-refractivity contribution in [1.82, 2.24) is 4.98 Å². The quantitative estimate of drug-likeness (QED) is 0.362. The van der Waals surface area contributed by atoms with Gasteiger partial charge in [-0.1, -0.05) is 66.7 Å². The first-order valence-corrected chi connectivity index (χ1v) is 10.3. The second-order valence-electron chi connectivity index (χ2n) is 7.74. The average molecular weight is 420 g/mol. The maximum Gasteiger partial charge on any atom is 0.337 e. The molecule has 0 unspecified atom stereocenters. The number of carbonyl (C=O) groups excluding carboxylic acids is 1. The third-order valence-electron chi connectivity index (χ3n) is 5.63. The van der Waals surface area contributed by atoms with Crippen molar-refractivity contribution in [3.63, 3.8) is 0 Å². The van der Waals surface area contributed by atoms with Crippen molar-refractivity contribution in [2.75, 3.05) is 5.32 Å². The van der Waals surface area contributed by atoms with Gasteiger partial charge in [-0.25, -0.2) is 4.79 Å². The van der Waals surface area contributed by atoms with Crippen molar-refractivity contribution >= 4 is 29.2 Å². The standard InChI is InChI=1S/C27H20N2O3/c1-16-14-21(27(31)32)24(28-16)15-22-25-20(12-7-13-23(25)29-26(22)30)19-11-6-5-10-18(19)17-8-3-2-4-9-17/h2-15,28H,1H3,(H,29,30)(H,31,32)/b22-15-. The summed E-state index contributed by atoms with van der Waals surface area (Å²) in [6.45, 7) is 1.79. The van der Waals surface area contributed by atoms with Gasteiger partial charge in [0.1, 0.15) is 0 Å². The molecule has 3 aromatic carbocycles. The first kappa shape index (κ1) is 19.6. The highest BCUT2D eigenvalue weighted by molar-refractivity contribution is 6.36. The van der Waals surface area contributed by atoms with Crippen molar-refractivity contribution in [1.29, 1.82) is 0 Å². The summed E-state index contributed by atoms with van der Waals surface area (Å²) >= 11 is 0. The Labute approximate surface area is 185 Å². The summed E-state index contributed by atoms with van der Waals surface area (Å²) in [5, 5.41) is 12.5. The van der Waals surface area contributed by atoms with E-state index in [1.807, 2.05) is 54.6 Å². The van der Waals surface area contributed by atoms with Gasteiger partial charge in [0.15, 0.2) is 0 Å². The second kappa shape index (κ2) is 7.71. The average Bonchev–Trinajstić information content (AvgIpc) is 3.33. The van der Waals surface area contributed by atoms with Gasteiger partial charge in [-0.3, -0.25) is 4.79 Å². The largest absolute Gasteiger partial charge is 0.478 e. The Hall–Kier alpha value is -4.38. The van der Waals surface area contributed by atoms with Crippen LogP contribution >= 0.6 is 0 Å². The number of fused-ring (bicyclic) bond motifs is 1. The summed E-state index contributed by atoms with van der Waals surface area (Å²) in [6.07, 6.45) is 1.63. The first-order valence-electron chi connectivity index (χ1n) is 10.3. The Morgan fingerprint density at radius 1 is 0.875 bits per heavy atom. The maximum absolute atomic E-state index is 12.9. The number of aryl methyl sites for hydroxylation is 1. The molecule has 0 aliphatic carbocycles. The Morgan fingerprint density at radius 3 is 2.31 bits per heavy atom. The van der Waals surface area contributed by atoms with Gasteiger partial charge in [0.2, 0.25) is 0 Å². The number of carboxylic acid groups (broad SMARTS) is 1. The Morgan fingerprint density at radius 2 is 1.56 bits per heavy atom. The summed E-state index contributed by atoms with van der Waals surface area (Å²) in [7, 11) is 0. The lowest BCUT2D eigenvalue weighted by molar-refractivity contribution is -0.110. The van der Waals surface area contributed by atoms with Crippen LogP contribution in [0.3, 0.4) is 0 Å². The Bertz CT molecular complexity index is 1400. The molecule has 0 radical (unpaired) electrons. The van der Waals surface area contributed by atoms with E-state index in [0.29, 0.717) is 17.0 Å². The molecular formula is C27H20N2O3. The van der Waals surface area contributed by atoms with Crippen LogP contribution in [0.1, 0.15) is 27.3 Å². The zero-order chi connectivity index (χ0) is 22.2. The normalized spacial score (nSPS) is 13.8. The van der Waals surface area contributed by atoms with E-state index < -0.39 is 5.97 Å². The molecule has 1 aliphatic heterocycles. The minimum atomic E-state index is -1.04. The van der Waals surface area contributed by atoms with Gasteiger partial charge in [0, 0.05) is 16.9 Å². The highest BCUT2D eigenvalue weighted by atomic mass is 16.4. The van der Waals surface area contributed by atoms with E-state index in [0.717, 1.165) is 33.5 Å². The third-order valence-corrected chi connectivity index (χ3v) is 5.63. The lowest BCUT2D eigenvalue weighted by Crippen LogP contribution is -2.04. The molecule has 1 aromatic heterocycles. The van der Waals surface area contributed by atoms with Gasteiger partial charge in [-0.2, -0.15) is 0 Å². The molecule has 5 rings (SSSR count). The third kappa shape index (κ3) is 3.30. The van der Waals surface area contributed by atoms with Crippen LogP contribution in [0, 0.1) is 6.92 Å². The number of benzene rings is 3. The topological polar surface area (TPSA) is 82.2 Å². The van der Waals surface area contributed by atoms with Crippen molar-refractivity contribution in [3.8, 4) is 22.3 Å². The molecule has 2 heterocycles. The van der Waals surface area contributed by atoms with E-state index in [-0.39, 0.29) is 11.5 Å². The summed E-state index contributed by atoms with van der Waals surface area (Å²) in [4.78, 5) is 27.7. The molecule has 0 fully saturated rings. The number of nitrogens with one attached hydrogen (secondary N) is 2. The predicted octanol–water partition coefficient (Wildman–Crippen LogP) is 5.85. The van der Waals surface area contributed by atoms with E-state index in [1.54, 1.807) is 19.1 Å². The van der Waals surface area contributed by atoms with E-state index in [2.05, 4.69) is 28.5 Å². The van der Waals surface area contributed by atoms with E-state index in [9.17, 15) is 14.7 Å². The molecular weight excluding hydrogens is 400 g/mol. The number of hydrogen-bond acceptors (Lipinski definition) is 2. The van der Waals surface area contributed by atoms with Crippen molar-refractivity contribution in [2.24, 2.45) is 0 Å². The molecule has 3 N–H and O–H groups in total. The smallest absolute Gasteiger partial charge is 0.337 e. The van der Waals surface area contributed by atoms with Gasteiger partial charge in [0.05, 0.1) is 16.8 Å². The monoisotopic (exact) mass is 420 g/mol. The molecule has 156 valence electrons. The molecule has 32 heavy (non-hydrogen) atoms. The Kier molecular flexibility index (Phi) is 4.71. The number of hydrogen-bond donors (Lipinski definition) is 3. The molecule has 5 nitrogen and oxygen atoms in total. The molecule has 0 spiro atoms. The van der Waals surface area contributed by atoms with Crippen LogP contribution in [-0.2, 0) is 4.79 Å². The molecule has 0 bridgehead atoms.